The second-order valence-electron chi connectivity index (χ2n) is 6.56. The van der Waals surface area contributed by atoms with Crippen molar-refractivity contribution in [2.45, 2.75) is 37.2 Å². The molecule has 3 aromatic heterocycles. The molecule has 29 heavy (non-hydrogen) atoms. The van der Waals surface area contributed by atoms with Crippen LogP contribution in [-0.2, 0) is 5.92 Å². The van der Waals surface area contributed by atoms with Crippen LogP contribution < -0.4 is 4.74 Å². The molecule has 0 saturated heterocycles. The minimum Gasteiger partial charge on any atom is -0.465 e. The Morgan fingerprint density at radius 3 is 2.45 bits per heavy atom. The number of rotatable bonds is 4. The molecule has 3 heterocycles. The molecule has 1 fully saturated rings. The summed E-state index contributed by atoms with van der Waals surface area (Å²) in [5.41, 5.74) is 0.0228. The lowest BCUT2D eigenvalue weighted by molar-refractivity contribution is -0.324. The first kappa shape index (κ1) is 19.3. The summed E-state index contributed by atoms with van der Waals surface area (Å²) in [6, 6.07) is 0.805. The first-order chi connectivity index (χ1) is 13.4. The van der Waals surface area contributed by atoms with Crippen molar-refractivity contribution in [3.05, 3.63) is 36.3 Å². The molecule has 1 atom stereocenters. The Morgan fingerprint density at radius 1 is 1.14 bits per heavy atom. The number of halogens is 7. The van der Waals surface area contributed by atoms with Gasteiger partial charge in [-0.2, -0.15) is 26.3 Å². The SMILES string of the molecule is CC(F)(F)c1nnc2cnc(-c3cnc(OC4CC(F)(F)C4(F)F)c(F)c3)cn12. The number of alkyl halides is 6. The quantitative estimate of drug-likeness (QED) is 0.599. The average molecular weight is 421 g/mol. The van der Waals surface area contributed by atoms with E-state index in [1.807, 2.05) is 0 Å². The lowest BCUT2D eigenvalue weighted by atomic mass is 9.85. The number of ether oxygens (including phenoxy) is 1. The van der Waals surface area contributed by atoms with Gasteiger partial charge in [0.2, 0.25) is 5.82 Å². The normalized spacial score (nSPS) is 20.5. The summed E-state index contributed by atoms with van der Waals surface area (Å²) in [7, 11) is 0. The van der Waals surface area contributed by atoms with Crippen LogP contribution >= 0.6 is 0 Å². The van der Waals surface area contributed by atoms with E-state index < -0.39 is 47.8 Å². The molecule has 4 rings (SSSR count). The van der Waals surface area contributed by atoms with Gasteiger partial charge in [-0.25, -0.2) is 9.37 Å². The Labute approximate surface area is 157 Å². The van der Waals surface area contributed by atoms with E-state index in [2.05, 4.69) is 24.9 Å². The van der Waals surface area contributed by atoms with Gasteiger partial charge in [-0.1, -0.05) is 0 Å². The van der Waals surface area contributed by atoms with Crippen molar-refractivity contribution in [1.82, 2.24) is 24.6 Å². The molecular formula is C16H10F7N5O. The maximum Gasteiger partial charge on any atom is 0.346 e. The van der Waals surface area contributed by atoms with Crippen LogP contribution in [0.1, 0.15) is 19.2 Å². The standard InChI is InChI=1S/C16H10F7N5O/c1-14(18,19)13-27-26-11-5-24-9(6-28(11)13)7-2-8(17)12(25-4-7)29-10-3-15(20,21)16(10,22)23/h2,4-6,10H,3H2,1H3. The molecule has 0 N–H and O–H groups in total. The lowest BCUT2D eigenvalue weighted by Gasteiger charge is -2.42. The van der Waals surface area contributed by atoms with Crippen LogP contribution in [-0.4, -0.2) is 42.5 Å². The molecule has 0 aromatic carbocycles. The summed E-state index contributed by atoms with van der Waals surface area (Å²) in [6.07, 6.45) is -0.263. The summed E-state index contributed by atoms with van der Waals surface area (Å²) in [4.78, 5) is 7.46. The van der Waals surface area contributed by atoms with Gasteiger partial charge in [-0.15, -0.1) is 10.2 Å². The van der Waals surface area contributed by atoms with Gasteiger partial charge in [0.15, 0.2) is 17.6 Å². The van der Waals surface area contributed by atoms with Crippen molar-refractivity contribution in [3.8, 4) is 17.1 Å². The minimum absolute atomic E-state index is 0.00116. The summed E-state index contributed by atoms with van der Waals surface area (Å²) in [5, 5.41) is 6.94. The van der Waals surface area contributed by atoms with E-state index in [-0.39, 0.29) is 16.9 Å². The third-order valence-corrected chi connectivity index (χ3v) is 4.38. The molecule has 0 bridgehead atoms. The molecule has 1 aliphatic carbocycles. The zero-order valence-corrected chi connectivity index (χ0v) is 14.4. The van der Waals surface area contributed by atoms with E-state index in [0.29, 0.717) is 6.92 Å². The van der Waals surface area contributed by atoms with Crippen LogP contribution in [0.5, 0.6) is 5.88 Å². The highest BCUT2D eigenvalue weighted by atomic mass is 19.3. The second-order valence-corrected chi connectivity index (χ2v) is 6.56. The third-order valence-electron chi connectivity index (χ3n) is 4.38. The zero-order chi connectivity index (χ0) is 21.2. The van der Waals surface area contributed by atoms with Crippen LogP contribution in [0.25, 0.3) is 16.9 Å². The van der Waals surface area contributed by atoms with E-state index in [9.17, 15) is 30.7 Å². The number of pyridine rings is 1. The maximum atomic E-state index is 14.2. The van der Waals surface area contributed by atoms with Gasteiger partial charge in [0.1, 0.15) is 0 Å². The summed E-state index contributed by atoms with van der Waals surface area (Å²) in [5.74, 6) is -14.7. The summed E-state index contributed by atoms with van der Waals surface area (Å²) >= 11 is 0. The Balaban J connectivity index is 1.63. The van der Waals surface area contributed by atoms with Gasteiger partial charge in [0.25, 0.3) is 5.88 Å². The van der Waals surface area contributed by atoms with Crippen LogP contribution in [0.2, 0.25) is 0 Å². The van der Waals surface area contributed by atoms with E-state index in [1.54, 1.807) is 0 Å². The van der Waals surface area contributed by atoms with Crippen molar-refractivity contribution < 1.29 is 35.5 Å². The fourth-order valence-corrected chi connectivity index (χ4v) is 2.75. The van der Waals surface area contributed by atoms with Crippen LogP contribution in [0.4, 0.5) is 30.7 Å². The Morgan fingerprint density at radius 2 is 1.86 bits per heavy atom. The van der Waals surface area contributed by atoms with Crippen molar-refractivity contribution in [1.29, 1.82) is 0 Å². The molecule has 1 aliphatic rings. The van der Waals surface area contributed by atoms with Crippen LogP contribution in [0, 0.1) is 5.82 Å². The molecule has 3 aromatic rings. The summed E-state index contributed by atoms with van der Waals surface area (Å²) in [6.45, 7) is 0.622. The predicted octanol–water partition coefficient (Wildman–Crippen LogP) is 3.86. The van der Waals surface area contributed by atoms with Crippen molar-refractivity contribution >= 4 is 5.65 Å². The fourth-order valence-electron chi connectivity index (χ4n) is 2.75. The smallest absolute Gasteiger partial charge is 0.346 e. The molecule has 154 valence electrons. The molecule has 13 heteroatoms. The second kappa shape index (κ2) is 6.00. The van der Waals surface area contributed by atoms with E-state index in [0.717, 1.165) is 29.1 Å². The number of hydrogen-bond donors (Lipinski definition) is 0. The van der Waals surface area contributed by atoms with E-state index in [1.165, 1.54) is 0 Å². The third kappa shape index (κ3) is 3.04. The average Bonchev–Trinajstić information content (AvgIpc) is 3.06. The highest BCUT2D eigenvalue weighted by Gasteiger charge is 2.73. The monoisotopic (exact) mass is 421 g/mol. The maximum absolute atomic E-state index is 14.2. The van der Waals surface area contributed by atoms with E-state index in [4.69, 9.17) is 0 Å². The Bertz CT molecular complexity index is 1090. The first-order valence-electron chi connectivity index (χ1n) is 8.07. The minimum atomic E-state index is -4.44. The first-order valence-corrected chi connectivity index (χ1v) is 8.07. The van der Waals surface area contributed by atoms with Crippen molar-refractivity contribution in [2.24, 2.45) is 0 Å². The molecule has 1 saturated carbocycles. The molecule has 0 radical (unpaired) electrons. The van der Waals surface area contributed by atoms with Crippen LogP contribution in [0.15, 0.2) is 24.7 Å². The summed E-state index contributed by atoms with van der Waals surface area (Å²) < 4.78 is 99.2. The Kier molecular flexibility index (Phi) is 4.00. The highest BCUT2D eigenvalue weighted by Crippen LogP contribution is 2.52. The molecular weight excluding hydrogens is 411 g/mol. The van der Waals surface area contributed by atoms with Gasteiger partial charge in [-0.3, -0.25) is 9.38 Å². The van der Waals surface area contributed by atoms with Crippen molar-refractivity contribution in [3.63, 3.8) is 0 Å². The number of hydrogen-bond acceptors (Lipinski definition) is 5. The highest BCUT2D eigenvalue weighted by molar-refractivity contribution is 5.59. The van der Waals surface area contributed by atoms with Gasteiger partial charge in [0.05, 0.1) is 18.3 Å². The van der Waals surface area contributed by atoms with E-state index >= 15 is 0 Å². The zero-order valence-electron chi connectivity index (χ0n) is 14.4. The molecule has 0 spiro atoms. The van der Waals surface area contributed by atoms with Gasteiger partial charge in [0, 0.05) is 24.9 Å². The van der Waals surface area contributed by atoms with Crippen LogP contribution in [0.3, 0.4) is 0 Å². The number of fused-ring (bicyclic) bond motifs is 1. The van der Waals surface area contributed by atoms with Gasteiger partial charge in [-0.05, 0) is 6.07 Å². The largest absolute Gasteiger partial charge is 0.465 e. The Hall–Kier alpha value is -2.99. The molecule has 0 aliphatic heterocycles. The lowest BCUT2D eigenvalue weighted by Crippen LogP contribution is -2.64. The molecule has 1 unspecified atom stereocenters. The number of nitrogens with zero attached hydrogens (tertiary/aromatic N) is 5. The molecule has 0 amide bonds. The fraction of sp³-hybridized carbons (Fsp3) is 0.375. The molecule has 6 nitrogen and oxygen atoms in total. The van der Waals surface area contributed by atoms with Gasteiger partial charge >= 0.3 is 17.8 Å². The number of aromatic nitrogens is 5. The van der Waals surface area contributed by atoms with Crippen molar-refractivity contribution in [2.75, 3.05) is 0 Å². The van der Waals surface area contributed by atoms with Gasteiger partial charge < -0.3 is 4.74 Å². The topological polar surface area (TPSA) is 65.2 Å². The predicted molar refractivity (Wildman–Crippen MR) is 82.5 cm³/mol.